The Labute approximate surface area is 90.4 Å². The molecule has 1 heterocycles. The fraction of sp³-hybridized carbons (Fsp3) is 0.900. The van der Waals surface area contributed by atoms with Gasteiger partial charge in [-0.05, 0) is 25.5 Å². The SMILES string of the molecule is CC(N)CCC(=O)N1CCCSCC1. The first-order chi connectivity index (χ1) is 6.70. The molecule has 0 spiro atoms. The quantitative estimate of drug-likeness (QED) is 0.768. The van der Waals surface area contributed by atoms with Crippen molar-refractivity contribution in [2.24, 2.45) is 5.73 Å². The van der Waals surface area contributed by atoms with Crippen LogP contribution in [0.4, 0.5) is 0 Å². The van der Waals surface area contributed by atoms with E-state index in [2.05, 4.69) is 0 Å². The average Bonchev–Trinajstić information content (AvgIpc) is 2.42. The van der Waals surface area contributed by atoms with Gasteiger partial charge in [-0.1, -0.05) is 0 Å². The van der Waals surface area contributed by atoms with E-state index in [1.54, 1.807) is 0 Å². The Balaban J connectivity index is 2.27. The molecule has 1 amide bonds. The lowest BCUT2D eigenvalue weighted by Crippen LogP contribution is -2.33. The van der Waals surface area contributed by atoms with E-state index >= 15 is 0 Å². The molecule has 1 fully saturated rings. The van der Waals surface area contributed by atoms with Gasteiger partial charge in [0.15, 0.2) is 0 Å². The molecule has 4 heteroatoms. The van der Waals surface area contributed by atoms with Crippen LogP contribution in [-0.2, 0) is 4.79 Å². The lowest BCUT2D eigenvalue weighted by molar-refractivity contribution is -0.131. The molecule has 14 heavy (non-hydrogen) atoms. The van der Waals surface area contributed by atoms with Gasteiger partial charge in [0.05, 0.1) is 0 Å². The molecule has 0 saturated carbocycles. The molecule has 1 unspecified atom stereocenters. The van der Waals surface area contributed by atoms with Gasteiger partial charge in [0.2, 0.25) is 5.91 Å². The van der Waals surface area contributed by atoms with E-state index in [0.717, 1.165) is 31.7 Å². The number of nitrogens with zero attached hydrogens (tertiary/aromatic N) is 1. The molecule has 1 atom stereocenters. The van der Waals surface area contributed by atoms with E-state index in [-0.39, 0.29) is 11.9 Å². The third kappa shape index (κ3) is 4.33. The van der Waals surface area contributed by atoms with Crippen LogP contribution < -0.4 is 5.73 Å². The van der Waals surface area contributed by atoms with Crippen LogP contribution in [0.15, 0.2) is 0 Å². The Morgan fingerprint density at radius 1 is 1.50 bits per heavy atom. The lowest BCUT2D eigenvalue weighted by Gasteiger charge is -2.20. The van der Waals surface area contributed by atoms with Crippen molar-refractivity contribution < 1.29 is 4.79 Å². The van der Waals surface area contributed by atoms with Crippen LogP contribution in [0.3, 0.4) is 0 Å². The Bertz CT molecular complexity index is 177. The third-order valence-corrected chi connectivity index (χ3v) is 3.44. The van der Waals surface area contributed by atoms with Crippen LogP contribution >= 0.6 is 11.8 Å². The number of hydrogen-bond acceptors (Lipinski definition) is 3. The second kappa shape index (κ2) is 6.30. The fourth-order valence-corrected chi connectivity index (χ4v) is 2.39. The predicted molar refractivity (Wildman–Crippen MR) is 61.4 cm³/mol. The molecule has 1 rings (SSSR count). The number of rotatable bonds is 3. The molecule has 0 aliphatic carbocycles. The van der Waals surface area contributed by atoms with Crippen LogP contribution in [0.25, 0.3) is 0 Å². The van der Waals surface area contributed by atoms with E-state index in [4.69, 9.17) is 5.73 Å². The topological polar surface area (TPSA) is 46.3 Å². The van der Waals surface area contributed by atoms with Gasteiger partial charge in [-0.15, -0.1) is 0 Å². The summed E-state index contributed by atoms with van der Waals surface area (Å²) in [4.78, 5) is 13.7. The Kier molecular flexibility index (Phi) is 5.33. The summed E-state index contributed by atoms with van der Waals surface area (Å²) in [5.74, 6) is 2.56. The van der Waals surface area contributed by atoms with Crippen molar-refractivity contribution in [1.82, 2.24) is 4.90 Å². The summed E-state index contributed by atoms with van der Waals surface area (Å²) in [6, 6.07) is 0.139. The molecule has 82 valence electrons. The number of carbonyl (C=O) groups excluding carboxylic acids is 1. The highest BCUT2D eigenvalue weighted by atomic mass is 32.2. The lowest BCUT2D eigenvalue weighted by atomic mass is 10.2. The first-order valence-electron chi connectivity index (χ1n) is 5.31. The zero-order valence-electron chi connectivity index (χ0n) is 8.87. The van der Waals surface area contributed by atoms with Crippen molar-refractivity contribution in [3.63, 3.8) is 0 Å². The van der Waals surface area contributed by atoms with Gasteiger partial charge in [0, 0.05) is 31.3 Å². The highest BCUT2D eigenvalue weighted by Gasteiger charge is 2.15. The normalized spacial score (nSPS) is 20.3. The summed E-state index contributed by atoms with van der Waals surface area (Å²) < 4.78 is 0. The van der Waals surface area contributed by atoms with E-state index < -0.39 is 0 Å². The van der Waals surface area contributed by atoms with Gasteiger partial charge in [0.1, 0.15) is 0 Å². The standard InChI is InChI=1S/C10H20N2OS/c1-9(11)3-4-10(13)12-5-2-7-14-8-6-12/h9H,2-8,11H2,1H3. The smallest absolute Gasteiger partial charge is 0.222 e. The minimum Gasteiger partial charge on any atom is -0.342 e. The van der Waals surface area contributed by atoms with Gasteiger partial charge < -0.3 is 10.6 Å². The number of thioether (sulfide) groups is 1. The maximum absolute atomic E-state index is 11.7. The van der Waals surface area contributed by atoms with Gasteiger partial charge >= 0.3 is 0 Å². The van der Waals surface area contributed by atoms with Gasteiger partial charge in [-0.25, -0.2) is 0 Å². The summed E-state index contributed by atoms with van der Waals surface area (Å²) >= 11 is 1.94. The van der Waals surface area contributed by atoms with E-state index in [9.17, 15) is 4.79 Å². The molecular formula is C10H20N2OS. The molecular weight excluding hydrogens is 196 g/mol. The monoisotopic (exact) mass is 216 g/mol. The first kappa shape index (κ1) is 11.9. The van der Waals surface area contributed by atoms with Crippen molar-refractivity contribution in [2.45, 2.75) is 32.2 Å². The zero-order valence-corrected chi connectivity index (χ0v) is 9.68. The van der Waals surface area contributed by atoms with Gasteiger partial charge in [0.25, 0.3) is 0 Å². The number of carbonyl (C=O) groups is 1. The Hall–Kier alpha value is -0.220. The second-order valence-corrected chi connectivity index (χ2v) is 5.09. The van der Waals surface area contributed by atoms with Crippen molar-refractivity contribution in [3.8, 4) is 0 Å². The summed E-state index contributed by atoms with van der Waals surface area (Å²) in [5.41, 5.74) is 5.63. The summed E-state index contributed by atoms with van der Waals surface area (Å²) in [7, 11) is 0. The minimum atomic E-state index is 0.139. The molecule has 0 aromatic rings. The van der Waals surface area contributed by atoms with Crippen molar-refractivity contribution in [1.29, 1.82) is 0 Å². The van der Waals surface area contributed by atoms with E-state index in [1.165, 1.54) is 5.75 Å². The highest BCUT2D eigenvalue weighted by Crippen LogP contribution is 2.11. The van der Waals surface area contributed by atoms with Crippen LogP contribution in [0.5, 0.6) is 0 Å². The third-order valence-electron chi connectivity index (χ3n) is 2.39. The Morgan fingerprint density at radius 3 is 3.00 bits per heavy atom. The molecule has 2 N–H and O–H groups in total. The number of amides is 1. The van der Waals surface area contributed by atoms with Gasteiger partial charge in [-0.3, -0.25) is 4.79 Å². The minimum absolute atomic E-state index is 0.139. The average molecular weight is 216 g/mol. The molecule has 1 aliphatic rings. The molecule has 1 aliphatic heterocycles. The summed E-state index contributed by atoms with van der Waals surface area (Å²) in [6.07, 6.45) is 2.55. The van der Waals surface area contributed by atoms with E-state index in [1.807, 2.05) is 23.6 Å². The summed E-state index contributed by atoms with van der Waals surface area (Å²) in [6.45, 7) is 3.80. The fourth-order valence-electron chi connectivity index (χ4n) is 1.50. The molecule has 0 aromatic carbocycles. The second-order valence-electron chi connectivity index (χ2n) is 3.86. The maximum atomic E-state index is 11.7. The van der Waals surface area contributed by atoms with Crippen LogP contribution in [0, 0.1) is 0 Å². The molecule has 1 saturated heterocycles. The maximum Gasteiger partial charge on any atom is 0.222 e. The van der Waals surface area contributed by atoms with E-state index in [0.29, 0.717) is 6.42 Å². The largest absolute Gasteiger partial charge is 0.342 e. The highest BCUT2D eigenvalue weighted by molar-refractivity contribution is 7.99. The Morgan fingerprint density at radius 2 is 2.29 bits per heavy atom. The van der Waals surface area contributed by atoms with Crippen molar-refractivity contribution in [2.75, 3.05) is 24.6 Å². The molecule has 0 aromatic heterocycles. The van der Waals surface area contributed by atoms with Crippen LogP contribution in [0.2, 0.25) is 0 Å². The molecule has 0 bridgehead atoms. The number of hydrogen-bond donors (Lipinski definition) is 1. The van der Waals surface area contributed by atoms with Crippen LogP contribution in [-0.4, -0.2) is 41.4 Å². The first-order valence-corrected chi connectivity index (χ1v) is 6.46. The van der Waals surface area contributed by atoms with Crippen molar-refractivity contribution >= 4 is 17.7 Å². The predicted octanol–water partition coefficient (Wildman–Crippen LogP) is 1.08. The zero-order chi connectivity index (χ0) is 10.4. The number of nitrogens with two attached hydrogens (primary N) is 1. The van der Waals surface area contributed by atoms with Gasteiger partial charge in [-0.2, -0.15) is 11.8 Å². The summed E-state index contributed by atoms with van der Waals surface area (Å²) in [5, 5.41) is 0. The van der Waals surface area contributed by atoms with Crippen molar-refractivity contribution in [3.05, 3.63) is 0 Å². The van der Waals surface area contributed by atoms with Crippen LogP contribution in [0.1, 0.15) is 26.2 Å². The molecule has 0 radical (unpaired) electrons. The molecule has 3 nitrogen and oxygen atoms in total.